The van der Waals surface area contributed by atoms with Gasteiger partial charge in [-0.1, -0.05) is 0 Å². The van der Waals surface area contributed by atoms with Gasteiger partial charge in [0.15, 0.2) is 0 Å². The highest BCUT2D eigenvalue weighted by Crippen LogP contribution is 2.33. The van der Waals surface area contributed by atoms with Crippen LogP contribution in [0.5, 0.6) is 0 Å². The molecule has 0 aromatic carbocycles. The van der Waals surface area contributed by atoms with E-state index in [1.54, 1.807) is 0 Å². The average molecular weight is 365 g/mol. The van der Waals surface area contributed by atoms with E-state index in [0.717, 1.165) is 21.0 Å². The zero-order valence-corrected chi connectivity index (χ0v) is 14.0. The molecule has 25 heavy (non-hydrogen) atoms. The van der Waals surface area contributed by atoms with Crippen LogP contribution in [0.2, 0.25) is 0 Å². The highest BCUT2D eigenvalue weighted by Gasteiger charge is 2.55. The molecule has 1 rings (SSSR count). The third kappa shape index (κ3) is 5.09. The number of carbonyl (C=O) groups excluding carboxylic acids is 2. The molecule has 1 fully saturated rings. The molecule has 11 heteroatoms. The molecule has 0 radical (unpaired) electrons. The first-order chi connectivity index (χ1) is 11.5. The Morgan fingerprint density at radius 3 is 2.36 bits per heavy atom. The Morgan fingerprint density at radius 1 is 1.32 bits per heavy atom. The second-order valence-electron chi connectivity index (χ2n) is 5.70. The Morgan fingerprint density at radius 2 is 1.92 bits per heavy atom. The van der Waals surface area contributed by atoms with Crippen molar-refractivity contribution in [1.82, 2.24) is 5.32 Å². The van der Waals surface area contributed by atoms with Gasteiger partial charge in [-0.15, -0.1) is 0 Å². The molecule has 0 spiro atoms. The number of hydrogen-bond acceptors (Lipinski definition) is 9. The number of ether oxygens (including phenoxy) is 3. The van der Waals surface area contributed by atoms with E-state index >= 15 is 0 Å². The number of carbonyl (C=O) groups is 3. The summed E-state index contributed by atoms with van der Waals surface area (Å²) in [4.78, 5) is 33.6. The normalized spacial score (nSPS) is 31.7. The summed E-state index contributed by atoms with van der Waals surface area (Å²) in [6.07, 6.45) is -6.96. The van der Waals surface area contributed by atoms with Crippen LogP contribution >= 0.6 is 0 Å². The molecule has 1 amide bonds. The van der Waals surface area contributed by atoms with Crippen molar-refractivity contribution in [1.29, 1.82) is 0 Å². The van der Waals surface area contributed by atoms with E-state index in [0.29, 0.717) is 0 Å². The molecule has 1 aliphatic rings. The third-order valence-corrected chi connectivity index (χ3v) is 3.79. The first-order valence-electron chi connectivity index (χ1n) is 7.45. The van der Waals surface area contributed by atoms with E-state index in [4.69, 9.17) is 9.47 Å². The predicted molar refractivity (Wildman–Crippen MR) is 79.1 cm³/mol. The van der Waals surface area contributed by atoms with Gasteiger partial charge in [-0.3, -0.25) is 9.59 Å². The minimum Gasteiger partial charge on any atom is -0.477 e. The summed E-state index contributed by atoms with van der Waals surface area (Å²) in [5, 5.41) is 42.1. The summed E-state index contributed by atoms with van der Waals surface area (Å²) >= 11 is 0. The maximum Gasteiger partial charge on any atom is 0.364 e. The minimum absolute atomic E-state index is 0.521. The highest BCUT2D eigenvalue weighted by atomic mass is 16.7. The second-order valence-corrected chi connectivity index (χ2v) is 5.70. The van der Waals surface area contributed by atoms with E-state index in [9.17, 15) is 34.8 Å². The van der Waals surface area contributed by atoms with Gasteiger partial charge in [-0.2, -0.15) is 0 Å². The van der Waals surface area contributed by atoms with Crippen LogP contribution in [-0.2, 0) is 28.6 Å². The molecule has 0 aromatic rings. The van der Waals surface area contributed by atoms with Crippen molar-refractivity contribution in [3.8, 4) is 0 Å². The van der Waals surface area contributed by atoms with Gasteiger partial charge in [0, 0.05) is 27.4 Å². The van der Waals surface area contributed by atoms with Crippen LogP contribution in [0.3, 0.4) is 0 Å². The van der Waals surface area contributed by atoms with Crippen LogP contribution in [-0.4, -0.2) is 88.2 Å². The van der Waals surface area contributed by atoms with Crippen LogP contribution in [0, 0.1) is 0 Å². The zero-order chi connectivity index (χ0) is 19.4. The molecule has 11 nitrogen and oxygen atoms in total. The highest BCUT2D eigenvalue weighted by molar-refractivity contribution is 5.76. The lowest BCUT2D eigenvalue weighted by Gasteiger charge is -2.46. The van der Waals surface area contributed by atoms with Crippen LogP contribution < -0.4 is 5.32 Å². The summed E-state index contributed by atoms with van der Waals surface area (Å²) < 4.78 is 14.7. The lowest BCUT2D eigenvalue weighted by molar-refractivity contribution is -0.303. The SMILES string of the molecule is CO[C@@]1(C(=O)O)C[C@H](O)[C@@H](NC(C)=O)[C@H]([C@H](O)[C@@H](O)COC(C)=O)O1. The maximum atomic E-state index is 11.5. The number of aliphatic carboxylic acids is 1. The first-order valence-corrected chi connectivity index (χ1v) is 7.45. The third-order valence-electron chi connectivity index (χ3n) is 3.79. The fourth-order valence-corrected chi connectivity index (χ4v) is 2.53. The van der Waals surface area contributed by atoms with Crippen LogP contribution in [0.1, 0.15) is 20.3 Å². The van der Waals surface area contributed by atoms with E-state index in [2.05, 4.69) is 10.1 Å². The quantitative estimate of drug-likeness (QED) is 0.300. The van der Waals surface area contributed by atoms with Crippen LogP contribution in [0.25, 0.3) is 0 Å². The standard InChI is InChI=1S/C14H23NO10/c1-6(16)15-10-8(18)4-14(23-3,13(21)22)25-12(10)11(20)9(19)5-24-7(2)17/h8-12,18-20H,4-5H2,1-3H3,(H,15,16)(H,21,22)/t8-,9-,10+,11+,12+,14-/m0/s1. The number of aliphatic hydroxyl groups is 3. The van der Waals surface area contributed by atoms with Crippen molar-refractivity contribution < 1.29 is 49.0 Å². The Hall–Kier alpha value is -1.79. The summed E-state index contributed by atoms with van der Waals surface area (Å²) in [6.45, 7) is 1.66. The Labute approximate surface area is 143 Å². The molecule has 1 aliphatic heterocycles. The van der Waals surface area contributed by atoms with Crippen molar-refractivity contribution in [3.63, 3.8) is 0 Å². The number of nitrogens with one attached hydrogen (secondary N) is 1. The first kappa shape index (κ1) is 21.3. The molecule has 0 aromatic heterocycles. The van der Waals surface area contributed by atoms with Gasteiger partial charge in [0.25, 0.3) is 5.79 Å². The van der Waals surface area contributed by atoms with Crippen molar-refractivity contribution in [3.05, 3.63) is 0 Å². The molecule has 6 atom stereocenters. The average Bonchev–Trinajstić information content (AvgIpc) is 2.52. The molecule has 0 aliphatic carbocycles. The van der Waals surface area contributed by atoms with Gasteiger partial charge in [-0.25, -0.2) is 4.79 Å². The number of hydrogen-bond donors (Lipinski definition) is 5. The molecule has 5 N–H and O–H groups in total. The lowest BCUT2D eigenvalue weighted by atomic mass is 9.88. The molecule has 0 saturated carbocycles. The van der Waals surface area contributed by atoms with Crippen molar-refractivity contribution in [2.45, 2.75) is 56.5 Å². The number of carboxylic acid groups (broad SMARTS) is 1. The number of esters is 1. The molecule has 0 bridgehead atoms. The maximum absolute atomic E-state index is 11.5. The minimum atomic E-state index is -2.28. The number of carboxylic acids is 1. The Kier molecular flexibility index (Phi) is 7.26. The molecule has 1 saturated heterocycles. The smallest absolute Gasteiger partial charge is 0.364 e. The fourth-order valence-electron chi connectivity index (χ4n) is 2.53. The molecule has 1 heterocycles. The van der Waals surface area contributed by atoms with Gasteiger partial charge in [0.05, 0.1) is 12.1 Å². The zero-order valence-electron chi connectivity index (χ0n) is 14.0. The Balaban J connectivity index is 3.09. The molecular weight excluding hydrogens is 342 g/mol. The summed E-state index contributed by atoms with van der Waals surface area (Å²) in [5.41, 5.74) is 0. The summed E-state index contributed by atoms with van der Waals surface area (Å²) in [7, 11) is 1.04. The summed E-state index contributed by atoms with van der Waals surface area (Å²) in [5.74, 6) is -5.10. The lowest BCUT2D eigenvalue weighted by Crippen LogP contribution is -2.67. The number of aliphatic hydroxyl groups excluding tert-OH is 3. The Bertz CT molecular complexity index is 512. The second kappa shape index (κ2) is 8.54. The van der Waals surface area contributed by atoms with E-state index in [1.165, 1.54) is 0 Å². The van der Waals surface area contributed by atoms with Crippen LogP contribution in [0.15, 0.2) is 0 Å². The van der Waals surface area contributed by atoms with Gasteiger partial charge in [-0.05, 0) is 0 Å². The topological polar surface area (TPSA) is 172 Å². The van der Waals surface area contributed by atoms with Crippen molar-refractivity contribution >= 4 is 17.8 Å². The van der Waals surface area contributed by atoms with Gasteiger partial charge >= 0.3 is 11.9 Å². The monoisotopic (exact) mass is 365 g/mol. The number of rotatable bonds is 7. The van der Waals surface area contributed by atoms with Gasteiger partial charge in [0.2, 0.25) is 5.91 Å². The predicted octanol–water partition coefficient (Wildman–Crippen LogP) is -2.65. The van der Waals surface area contributed by atoms with Crippen molar-refractivity contribution in [2.75, 3.05) is 13.7 Å². The fraction of sp³-hybridized carbons (Fsp3) is 0.786. The number of amides is 1. The largest absolute Gasteiger partial charge is 0.477 e. The molecular formula is C14H23NO10. The summed E-state index contributed by atoms with van der Waals surface area (Å²) in [6, 6.07) is -1.22. The molecule has 144 valence electrons. The number of methoxy groups -OCH3 is 1. The molecule has 0 unspecified atom stereocenters. The van der Waals surface area contributed by atoms with E-state index in [1.807, 2.05) is 0 Å². The van der Waals surface area contributed by atoms with Gasteiger partial charge in [0.1, 0.15) is 24.9 Å². The van der Waals surface area contributed by atoms with E-state index in [-0.39, 0.29) is 0 Å². The van der Waals surface area contributed by atoms with E-state index < -0.39 is 67.1 Å². The van der Waals surface area contributed by atoms with Crippen molar-refractivity contribution in [2.24, 2.45) is 0 Å². The van der Waals surface area contributed by atoms with Gasteiger partial charge < -0.3 is 40.0 Å². The van der Waals surface area contributed by atoms with Crippen LogP contribution in [0.4, 0.5) is 0 Å².